The maximum absolute atomic E-state index is 3.68. The molecule has 50 valence electrons. The van der Waals surface area contributed by atoms with Gasteiger partial charge in [-0.05, 0) is 13.8 Å². The van der Waals surface area contributed by atoms with Crippen molar-refractivity contribution in [1.29, 1.82) is 0 Å². The predicted octanol–water partition coefficient (Wildman–Crippen LogP) is 2.61. The topological polar surface area (TPSA) is 0 Å². The number of hydrogen-bond acceptors (Lipinski definition) is 0. The second kappa shape index (κ2) is 3.35. The first-order valence-electron chi connectivity index (χ1n) is 3.26. The van der Waals surface area contributed by atoms with Gasteiger partial charge in [0.1, 0.15) is 0 Å². The van der Waals surface area contributed by atoms with Crippen LogP contribution in [0.3, 0.4) is 0 Å². The van der Waals surface area contributed by atoms with Crippen LogP contribution in [0.15, 0.2) is 12.7 Å². The maximum atomic E-state index is 3.68. The molecule has 0 fully saturated rings. The molecule has 0 aromatic heterocycles. The smallest absolute Gasteiger partial charge is 0.0434 e. The molecule has 0 bridgehead atoms. The Bertz CT molecular complexity index is 141. The molecule has 0 saturated carbocycles. The molecule has 9 heavy (non-hydrogen) atoms. The van der Waals surface area contributed by atoms with Gasteiger partial charge in [-0.1, -0.05) is 18.9 Å². The van der Waals surface area contributed by atoms with Gasteiger partial charge in [-0.2, -0.15) is 0 Å². The van der Waals surface area contributed by atoms with Gasteiger partial charge in [-0.3, -0.25) is 0 Å². The molecular weight excluding hydrogens is 108 g/mol. The number of rotatable bonds is 1. The fourth-order valence-corrected chi connectivity index (χ4v) is 0.367. The van der Waals surface area contributed by atoms with Crippen LogP contribution in [-0.2, 0) is 0 Å². The summed E-state index contributed by atoms with van der Waals surface area (Å²) in [5.41, 5.74) is -0.00396. The van der Waals surface area contributed by atoms with Crippen LogP contribution in [0, 0.1) is 17.3 Å². The minimum absolute atomic E-state index is 0.00396. The molecule has 0 radical (unpaired) electrons. The summed E-state index contributed by atoms with van der Waals surface area (Å²) >= 11 is 0. The monoisotopic (exact) mass is 122 g/mol. The third kappa shape index (κ3) is 3.85. The highest BCUT2D eigenvalue weighted by molar-refractivity contribution is 5.14. The molecule has 0 heterocycles. The Labute approximate surface area is 58.0 Å². The van der Waals surface area contributed by atoms with Crippen molar-refractivity contribution >= 4 is 0 Å². The summed E-state index contributed by atoms with van der Waals surface area (Å²) in [4.78, 5) is 0. The Morgan fingerprint density at radius 3 is 2.44 bits per heavy atom. The second-order valence-electron chi connectivity index (χ2n) is 2.58. The molecule has 0 rings (SSSR count). The fourth-order valence-electron chi connectivity index (χ4n) is 0.367. The van der Waals surface area contributed by atoms with Gasteiger partial charge in [0.25, 0.3) is 0 Å². The van der Waals surface area contributed by atoms with Crippen molar-refractivity contribution in [3.63, 3.8) is 0 Å². The van der Waals surface area contributed by atoms with Crippen molar-refractivity contribution in [1.82, 2.24) is 0 Å². The van der Waals surface area contributed by atoms with Crippen LogP contribution in [-0.4, -0.2) is 0 Å². The molecule has 0 aliphatic rings. The third-order valence-electron chi connectivity index (χ3n) is 1.10. The first-order chi connectivity index (χ1) is 4.12. The molecule has 0 aliphatic heterocycles. The van der Waals surface area contributed by atoms with E-state index >= 15 is 0 Å². The molecule has 0 N–H and O–H groups in total. The van der Waals surface area contributed by atoms with Crippen molar-refractivity contribution in [2.45, 2.75) is 27.2 Å². The third-order valence-corrected chi connectivity index (χ3v) is 1.10. The van der Waals surface area contributed by atoms with Crippen LogP contribution in [0.2, 0.25) is 0 Å². The van der Waals surface area contributed by atoms with Crippen LogP contribution in [0.4, 0.5) is 0 Å². The lowest BCUT2D eigenvalue weighted by Crippen LogP contribution is -2.01. The van der Waals surface area contributed by atoms with Gasteiger partial charge in [0.05, 0.1) is 0 Å². The first kappa shape index (κ1) is 8.30. The summed E-state index contributed by atoms with van der Waals surface area (Å²) in [6.45, 7) is 9.85. The highest BCUT2D eigenvalue weighted by Gasteiger charge is 2.05. The van der Waals surface area contributed by atoms with Gasteiger partial charge in [0.15, 0.2) is 0 Å². The van der Waals surface area contributed by atoms with Gasteiger partial charge in [-0.25, -0.2) is 0 Å². The Balaban J connectivity index is 4.00. The summed E-state index contributed by atoms with van der Waals surface area (Å²) in [6, 6.07) is 0. The largest absolute Gasteiger partial charge is 0.103 e. The first-order valence-corrected chi connectivity index (χ1v) is 3.26. The van der Waals surface area contributed by atoms with E-state index in [0.29, 0.717) is 0 Å². The molecular formula is C9H14. The number of allylic oxidation sites excluding steroid dienone is 1. The van der Waals surface area contributed by atoms with Gasteiger partial charge in [-0.15, -0.1) is 12.5 Å². The quantitative estimate of drug-likeness (QED) is 0.370. The van der Waals surface area contributed by atoms with Crippen LogP contribution in [0.25, 0.3) is 0 Å². The molecule has 0 atom stereocenters. The number of hydrogen-bond donors (Lipinski definition) is 0. The Morgan fingerprint density at radius 1 is 1.56 bits per heavy atom. The average Bonchev–Trinajstić information content (AvgIpc) is 1.84. The Hall–Kier alpha value is -0.700. The molecule has 0 heteroatoms. The van der Waals surface area contributed by atoms with E-state index in [9.17, 15) is 0 Å². The second-order valence-corrected chi connectivity index (χ2v) is 2.58. The van der Waals surface area contributed by atoms with E-state index in [4.69, 9.17) is 0 Å². The lowest BCUT2D eigenvalue weighted by molar-refractivity contribution is 0.656. The van der Waals surface area contributed by atoms with E-state index in [0.717, 1.165) is 6.42 Å². The van der Waals surface area contributed by atoms with Crippen LogP contribution < -0.4 is 0 Å². The zero-order valence-electron chi connectivity index (χ0n) is 6.49. The lowest BCUT2D eigenvalue weighted by atomic mass is 9.95. The summed E-state index contributed by atoms with van der Waals surface area (Å²) in [5.74, 6) is 6.11. The zero-order chi connectivity index (χ0) is 7.33. The SMILES string of the molecule is C=CC(C)(C)C#CCC. The predicted molar refractivity (Wildman–Crippen MR) is 42.0 cm³/mol. The standard InChI is InChI=1S/C9H14/c1-5-7-8-9(3,4)6-2/h6H,2,5H2,1,3-4H3. The van der Waals surface area contributed by atoms with Gasteiger partial charge < -0.3 is 0 Å². The van der Waals surface area contributed by atoms with Crippen LogP contribution in [0.5, 0.6) is 0 Å². The summed E-state index contributed by atoms with van der Waals surface area (Å²) in [7, 11) is 0. The summed E-state index contributed by atoms with van der Waals surface area (Å²) < 4.78 is 0. The minimum Gasteiger partial charge on any atom is -0.103 e. The van der Waals surface area contributed by atoms with Crippen molar-refractivity contribution in [2.24, 2.45) is 5.41 Å². The molecule has 0 aliphatic carbocycles. The lowest BCUT2D eigenvalue weighted by Gasteiger charge is -2.08. The van der Waals surface area contributed by atoms with Crippen molar-refractivity contribution in [3.8, 4) is 11.8 Å². The minimum atomic E-state index is -0.00396. The highest BCUT2D eigenvalue weighted by atomic mass is 14.1. The molecule has 0 aromatic rings. The van der Waals surface area contributed by atoms with Gasteiger partial charge in [0.2, 0.25) is 0 Å². The average molecular weight is 122 g/mol. The molecule has 0 saturated heterocycles. The van der Waals surface area contributed by atoms with Gasteiger partial charge in [0, 0.05) is 11.8 Å². The van der Waals surface area contributed by atoms with Crippen LogP contribution >= 0.6 is 0 Å². The molecule has 0 nitrogen and oxygen atoms in total. The molecule has 0 unspecified atom stereocenters. The maximum Gasteiger partial charge on any atom is 0.0434 e. The Kier molecular flexibility index (Phi) is 3.09. The normalized spacial score (nSPS) is 9.67. The van der Waals surface area contributed by atoms with E-state index in [1.807, 2.05) is 13.0 Å². The zero-order valence-corrected chi connectivity index (χ0v) is 6.49. The van der Waals surface area contributed by atoms with E-state index in [1.165, 1.54) is 0 Å². The molecule has 0 aromatic carbocycles. The fraction of sp³-hybridized carbons (Fsp3) is 0.556. The van der Waals surface area contributed by atoms with Crippen LogP contribution in [0.1, 0.15) is 27.2 Å². The highest BCUT2D eigenvalue weighted by Crippen LogP contribution is 2.13. The summed E-state index contributed by atoms with van der Waals surface area (Å²) in [5, 5.41) is 0. The summed E-state index contributed by atoms with van der Waals surface area (Å²) in [6.07, 6.45) is 2.80. The van der Waals surface area contributed by atoms with Crippen molar-refractivity contribution < 1.29 is 0 Å². The van der Waals surface area contributed by atoms with Crippen molar-refractivity contribution in [3.05, 3.63) is 12.7 Å². The van der Waals surface area contributed by atoms with E-state index in [2.05, 4.69) is 32.3 Å². The van der Waals surface area contributed by atoms with E-state index in [-0.39, 0.29) is 5.41 Å². The van der Waals surface area contributed by atoms with Crippen molar-refractivity contribution in [2.75, 3.05) is 0 Å². The van der Waals surface area contributed by atoms with E-state index < -0.39 is 0 Å². The molecule has 0 amide bonds. The van der Waals surface area contributed by atoms with Gasteiger partial charge >= 0.3 is 0 Å². The molecule has 0 spiro atoms. The Morgan fingerprint density at radius 2 is 2.11 bits per heavy atom. The van der Waals surface area contributed by atoms with E-state index in [1.54, 1.807) is 0 Å².